The summed E-state index contributed by atoms with van der Waals surface area (Å²) in [5.74, 6) is 0.825. The van der Waals surface area contributed by atoms with Crippen LogP contribution in [0.1, 0.15) is 10.6 Å². The second-order valence-corrected chi connectivity index (χ2v) is 6.34. The van der Waals surface area contributed by atoms with Crippen LogP contribution in [0.2, 0.25) is 0 Å². The molecule has 0 N–H and O–H groups in total. The van der Waals surface area contributed by atoms with E-state index in [1.54, 1.807) is 22.7 Å². The molecule has 6 heteroatoms. The molecule has 0 fully saturated rings. The smallest absolute Gasteiger partial charge is 0.182 e. The quantitative estimate of drug-likeness (QED) is 0.581. The fourth-order valence-electron chi connectivity index (χ4n) is 2.06. The van der Waals surface area contributed by atoms with Crippen LogP contribution in [0.3, 0.4) is 0 Å². The Morgan fingerprint density at radius 2 is 1.90 bits per heavy atom. The van der Waals surface area contributed by atoms with Gasteiger partial charge in [-0.15, -0.1) is 21.5 Å². The normalized spacial score (nSPS) is 11.2. The third-order valence-corrected chi connectivity index (χ3v) is 4.74. The van der Waals surface area contributed by atoms with Gasteiger partial charge < -0.3 is 0 Å². The Morgan fingerprint density at radius 1 is 1.00 bits per heavy atom. The molecule has 0 spiro atoms. The number of fused-ring (bicyclic) bond motifs is 1. The number of hydrogen-bond acceptors (Lipinski definition) is 5. The van der Waals surface area contributed by atoms with Crippen molar-refractivity contribution in [3.63, 3.8) is 0 Å². The van der Waals surface area contributed by atoms with Gasteiger partial charge in [-0.1, -0.05) is 47.7 Å². The van der Waals surface area contributed by atoms with Crippen molar-refractivity contribution in [2.45, 2.75) is 6.42 Å². The van der Waals surface area contributed by atoms with Crippen LogP contribution in [-0.4, -0.2) is 19.8 Å². The van der Waals surface area contributed by atoms with E-state index < -0.39 is 0 Å². The molecule has 0 radical (unpaired) electrons. The molecule has 0 saturated heterocycles. The Hall–Kier alpha value is -2.05. The number of nitrogens with zero attached hydrogens (tertiary/aromatic N) is 4. The van der Waals surface area contributed by atoms with Gasteiger partial charge in [0.05, 0.1) is 4.88 Å². The highest BCUT2D eigenvalue weighted by Gasteiger charge is 2.13. The van der Waals surface area contributed by atoms with E-state index in [-0.39, 0.29) is 0 Å². The number of rotatable bonds is 3. The fraction of sp³-hybridized carbons (Fsp3) is 0.0714. The van der Waals surface area contributed by atoms with Gasteiger partial charge in [-0.05, 0) is 17.0 Å². The Morgan fingerprint density at radius 3 is 2.70 bits per heavy atom. The van der Waals surface area contributed by atoms with Crippen molar-refractivity contribution < 1.29 is 0 Å². The predicted octanol–water partition coefficient (Wildman–Crippen LogP) is 3.51. The first kappa shape index (κ1) is 11.7. The second-order valence-electron chi connectivity index (χ2n) is 4.35. The molecule has 0 aliphatic rings. The molecule has 3 aromatic heterocycles. The van der Waals surface area contributed by atoms with Gasteiger partial charge in [0, 0.05) is 6.42 Å². The molecule has 0 bridgehead atoms. The zero-order valence-electron chi connectivity index (χ0n) is 10.4. The lowest BCUT2D eigenvalue weighted by atomic mass is 10.2. The molecule has 1 aromatic carbocycles. The molecule has 0 saturated carbocycles. The molecular formula is C14H10N4S2. The first-order valence-corrected chi connectivity index (χ1v) is 7.89. The first-order valence-electron chi connectivity index (χ1n) is 6.19. The first-order chi connectivity index (χ1) is 9.90. The molecule has 0 atom stereocenters. The van der Waals surface area contributed by atoms with Crippen LogP contribution >= 0.6 is 22.7 Å². The molecule has 0 aliphatic carbocycles. The Bertz CT molecular complexity index is 831. The van der Waals surface area contributed by atoms with Crippen molar-refractivity contribution in [2.24, 2.45) is 0 Å². The number of thiophene rings is 1. The minimum absolute atomic E-state index is 0.825. The van der Waals surface area contributed by atoms with E-state index in [2.05, 4.69) is 27.4 Å². The highest BCUT2D eigenvalue weighted by atomic mass is 32.1. The molecule has 3 heterocycles. The summed E-state index contributed by atoms with van der Waals surface area (Å²) in [4.78, 5) is 1.94. The van der Waals surface area contributed by atoms with Crippen molar-refractivity contribution in [1.82, 2.24) is 19.8 Å². The lowest BCUT2D eigenvalue weighted by Gasteiger charge is -1.95. The largest absolute Gasteiger partial charge is 0.235 e. The number of hydrogen-bond donors (Lipinski definition) is 0. The van der Waals surface area contributed by atoms with Crippen molar-refractivity contribution in [2.75, 3.05) is 0 Å². The lowest BCUT2D eigenvalue weighted by Crippen LogP contribution is -1.92. The van der Waals surface area contributed by atoms with E-state index in [4.69, 9.17) is 0 Å². The zero-order chi connectivity index (χ0) is 13.4. The SMILES string of the molecule is c1ccc(Cc2nn3c(-c4cccs4)nnc3s2)cc1. The Labute approximate surface area is 123 Å². The van der Waals surface area contributed by atoms with Crippen molar-refractivity contribution in [3.8, 4) is 10.7 Å². The van der Waals surface area contributed by atoms with E-state index >= 15 is 0 Å². The molecule has 98 valence electrons. The molecule has 0 aliphatic heterocycles. The van der Waals surface area contributed by atoms with Gasteiger partial charge >= 0.3 is 0 Å². The predicted molar refractivity (Wildman–Crippen MR) is 81.2 cm³/mol. The highest BCUT2D eigenvalue weighted by molar-refractivity contribution is 7.16. The summed E-state index contributed by atoms with van der Waals surface area (Å²) in [5.41, 5.74) is 1.26. The van der Waals surface area contributed by atoms with Crippen LogP contribution in [0.5, 0.6) is 0 Å². The maximum absolute atomic E-state index is 4.64. The highest BCUT2D eigenvalue weighted by Crippen LogP contribution is 2.25. The van der Waals surface area contributed by atoms with E-state index in [0.717, 1.165) is 27.1 Å². The van der Waals surface area contributed by atoms with Gasteiger partial charge in [0.1, 0.15) is 5.01 Å². The van der Waals surface area contributed by atoms with Crippen LogP contribution in [0.15, 0.2) is 47.8 Å². The average Bonchev–Trinajstić information content (AvgIpc) is 3.15. The third-order valence-electron chi connectivity index (χ3n) is 2.97. The molecule has 4 nitrogen and oxygen atoms in total. The van der Waals surface area contributed by atoms with Crippen LogP contribution in [-0.2, 0) is 6.42 Å². The van der Waals surface area contributed by atoms with Gasteiger partial charge in [-0.3, -0.25) is 0 Å². The van der Waals surface area contributed by atoms with Crippen LogP contribution in [0, 0.1) is 0 Å². The minimum Gasteiger partial charge on any atom is -0.182 e. The second kappa shape index (κ2) is 4.81. The van der Waals surface area contributed by atoms with Gasteiger partial charge in [-0.2, -0.15) is 9.61 Å². The zero-order valence-corrected chi connectivity index (χ0v) is 12.1. The summed E-state index contributed by atoms with van der Waals surface area (Å²) in [6.07, 6.45) is 0.832. The van der Waals surface area contributed by atoms with Gasteiger partial charge in [0.15, 0.2) is 5.82 Å². The van der Waals surface area contributed by atoms with Gasteiger partial charge in [0.2, 0.25) is 4.96 Å². The summed E-state index contributed by atoms with van der Waals surface area (Å²) in [6.45, 7) is 0. The van der Waals surface area contributed by atoms with Crippen LogP contribution < -0.4 is 0 Å². The van der Waals surface area contributed by atoms with Gasteiger partial charge in [0.25, 0.3) is 0 Å². The molecule has 0 amide bonds. The maximum atomic E-state index is 4.64. The standard InChI is InChI=1S/C14H10N4S2/c1-2-5-10(6-3-1)9-12-17-18-13(11-7-4-8-19-11)15-16-14(18)20-12/h1-8H,9H2. The summed E-state index contributed by atoms with van der Waals surface area (Å²) in [6, 6.07) is 14.4. The number of aromatic nitrogens is 4. The average molecular weight is 298 g/mol. The number of benzene rings is 1. The topological polar surface area (TPSA) is 43.1 Å². The van der Waals surface area contributed by atoms with Crippen molar-refractivity contribution >= 4 is 27.6 Å². The molecule has 4 rings (SSSR count). The monoisotopic (exact) mass is 298 g/mol. The van der Waals surface area contributed by atoms with Crippen molar-refractivity contribution in [3.05, 3.63) is 58.4 Å². The Kier molecular flexibility index (Phi) is 2.82. The summed E-state index contributed by atoms with van der Waals surface area (Å²) in [5, 5.41) is 16.2. The minimum atomic E-state index is 0.825. The van der Waals surface area contributed by atoms with E-state index in [1.165, 1.54) is 5.56 Å². The van der Waals surface area contributed by atoms with Gasteiger partial charge in [-0.25, -0.2) is 0 Å². The Balaban J connectivity index is 1.73. The molecule has 4 aromatic rings. The van der Waals surface area contributed by atoms with E-state index in [0.29, 0.717) is 0 Å². The van der Waals surface area contributed by atoms with Crippen LogP contribution in [0.4, 0.5) is 0 Å². The maximum Gasteiger partial charge on any atom is 0.235 e. The third kappa shape index (κ3) is 2.03. The van der Waals surface area contributed by atoms with Crippen molar-refractivity contribution in [1.29, 1.82) is 0 Å². The fourth-order valence-corrected chi connectivity index (χ4v) is 3.62. The van der Waals surface area contributed by atoms with E-state index in [1.807, 2.05) is 40.2 Å². The van der Waals surface area contributed by atoms with E-state index in [9.17, 15) is 0 Å². The van der Waals surface area contributed by atoms with Crippen LogP contribution in [0.25, 0.3) is 15.7 Å². The lowest BCUT2D eigenvalue weighted by molar-refractivity contribution is 0.920. The summed E-state index contributed by atoms with van der Waals surface area (Å²) >= 11 is 3.24. The summed E-state index contributed by atoms with van der Waals surface area (Å²) < 4.78 is 1.84. The summed E-state index contributed by atoms with van der Waals surface area (Å²) in [7, 11) is 0. The molecule has 20 heavy (non-hydrogen) atoms. The molecule has 0 unspecified atom stereocenters. The molecular weight excluding hydrogens is 288 g/mol.